The fourth-order valence-corrected chi connectivity index (χ4v) is 2.77. The van der Waals surface area contributed by atoms with E-state index in [1.54, 1.807) is 12.4 Å². The minimum absolute atomic E-state index is 0.101. The molecule has 110 valence electrons. The Balaban J connectivity index is 2.00. The van der Waals surface area contributed by atoms with Gasteiger partial charge in [-0.05, 0) is 31.0 Å². The quantitative estimate of drug-likeness (QED) is 0.810. The van der Waals surface area contributed by atoms with E-state index >= 15 is 0 Å². The Hall–Kier alpha value is -2.12. The standard InChI is InChI=1S/C14H15N3O3S/c1-11(18)13-2-4-14(5-3-13)21(19,20)17-7-6-12-8-15-10-16-9-12/h2-5,8-10,17H,6-7H2,1H3. The molecular formula is C14H15N3O3S. The van der Waals surface area contributed by atoms with Gasteiger partial charge in [-0.25, -0.2) is 23.1 Å². The molecule has 0 aliphatic carbocycles. The lowest BCUT2D eigenvalue weighted by molar-refractivity contribution is 0.101. The van der Waals surface area contributed by atoms with Crippen LogP contribution in [0.4, 0.5) is 0 Å². The van der Waals surface area contributed by atoms with Gasteiger partial charge in [-0.15, -0.1) is 0 Å². The number of Topliss-reactive ketones (excluding diaryl/α,β-unsaturated/α-hetero) is 1. The van der Waals surface area contributed by atoms with Crippen LogP contribution in [0.25, 0.3) is 0 Å². The number of carbonyl (C=O) groups is 1. The molecule has 2 rings (SSSR count). The van der Waals surface area contributed by atoms with Crippen LogP contribution in [0.2, 0.25) is 0 Å². The normalized spacial score (nSPS) is 11.3. The Morgan fingerprint density at radius 2 is 1.76 bits per heavy atom. The zero-order valence-electron chi connectivity index (χ0n) is 11.5. The van der Waals surface area contributed by atoms with Gasteiger partial charge in [-0.3, -0.25) is 4.79 Å². The fourth-order valence-electron chi connectivity index (χ4n) is 1.74. The summed E-state index contributed by atoms with van der Waals surface area (Å²) in [6.07, 6.45) is 5.21. The number of carbonyl (C=O) groups excluding carboxylic acids is 1. The molecule has 0 saturated carbocycles. The third kappa shape index (κ3) is 4.17. The first-order valence-electron chi connectivity index (χ1n) is 6.33. The lowest BCUT2D eigenvalue weighted by Gasteiger charge is -2.07. The monoisotopic (exact) mass is 305 g/mol. The Labute approximate surface area is 123 Å². The van der Waals surface area contributed by atoms with E-state index in [0.717, 1.165) is 5.56 Å². The number of nitrogens with zero attached hydrogens (tertiary/aromatic N) is 2. The Bertz CT molecular complexity index is 713. The Kier molecular flexibility index (Phi) is 4.77. The van der Waals surface area contributed by atoms with Gasteiger partial charge < -0.3 is 0 Å². The molecule has 0 atom stereocenters. The summed E-state index contributed by atoms with van der Waals surface area (Å²) < 4.78 is 26.7. The van der Waals surface area contributed by atoms with Crippen molar-refractivity contribution in [2.45, 2.75) is 18.2 Å². The molecule has 1 heterocycles. The van der Waals surface area contributed by atoms with Crippen LogP contribution in [0, 0.1) is 0 Å². The van der Waals surface area contributed by atoms with Gasteiger partial charge in [0.25, 0.3) is 0 Å². The highest BCUT2D eigenvalue weighted by Gasteiger charge is 2.13. The molecule has 6 nitrogen and oxygen atoms in total. The maximum Gasteiger partial charge on any atom is 0.240 e. The summed E-state index contributed by atoms with van der Waals surface area (Å²) in [4.78, 5) is 19.0. The van der Waals surface area contributed by atoms with Crippen molar-refractivity contribution in [1.29, 1.82) is 0 Å². The molecule has 0 saturated heterocycles. The number of sulfonamides is 1. The first kappa shape index (κ1) is 15.3. The van der Waals surface area contributed by atoms with Gasteiger partial charge in [0.1, 0.15) is 6.33 Å². The molecule has 21 heavy (non-hydrogen) atoms. The predicted molar refractivity (Wildman–Crippen MR) is 77.4 cm³/mol. The number of nitrogens with one attached hydrogen (secondary N) is 1. The van der Waals surface area contributed by atoms with Gasteiger partial charge in [0.15, 0.2) is 5.78 Å². The summed E-state index contributed by atoms with van der Waals surface area (Å²) in [7, 11) is -3.58. The minimum Gasteiger partial charge on any atom is -0.295 e. The van der Waals surface area contributed by atoms with Crippen LogP contribution in [-0.2, 0) is 16.4 Å². The van der Waals surface area contributed by atoms with E-state index in [9.17, 15) is 13.2 Å². The van der Waals surface area contributed by atoms with Crippen LogP contribution in [-0.4, -0.2) is 30.7 Å². The maximum atomic E-state index is 12.1. The van der Waals surface area contributed by atoms with E-state index < -0.39 is 10.0 Å². The lowest BCUT2D eigenvalue weighted by atomic mass is 10.2. The van der Waals surface area contributed by atoms with Gasteiger partial charge in [-0.2, -0.15) is 0 Å². The summed E-state index contributed by atoms with van der Waals surface area (Å²) >= 11 is 0. The van der Waals surface area contributed by atoms with Crippen molar-refractivity contribution in [1.82, 2.24) is 14.7 Å². The molecule has 1 aromatic heterocycles. The molecule has 1 N–H and O–H groups in total. The second-order valence-electron chi connectivity index (χ2n) is 4.48. The molecule has 0 aliphatic rings. The SMILES string of the molecule is CC(=O)c1ccc(S(=O)(=O)NCCc2cncnc2)cc1. The van der Waals surface area contributed by atoms with Crippen molar-refractivity contribution in [2.75, 3.05) is 6.54 Å². The largest absolute Gasteiger partial charge is 0.295 e. The van der Waals surface area contributed by atoms with Crippen LogP contribution in [0.3, 0.4) is 0 Å². The van der Waals surface area contributed by atoms with Gasteiger partial charge in [0.2, 0.25) is 10.0 Å². The summed E-state index contributed by atoms with van der Waals surface area (Å²) in [6, 6.07) is 5.85. The first-order chi connectivity index (χ1) is 9.99. The van der Waals surface area contributed by atoms with E-state index in [-0.39, 0.29) is 17.2 Å². The van der Waals surface area contributed by atoms with Crippen molar-refractivity contribution in [3.05, 3.63) is 54.1 Å². The summed E-state index contributed by atoms with van der Waals surface area (Å²) in [5.74, 6) is -0.101. The molecule has 0 bridgehead atoms. The molecule has 0 unspecified atom stereocenters. The first-order valence-corrected chi connectivity index (χ1v) is 7.82. The lowest BCUT2D eigenvalue weighted by Crippen LogP contribution is -2.26. The molecule has 0 aliphatic heterocycles. The van der Waals surface area contributed by atoms with Gasteiger partial charge >= 0.3 is 0 Å². The average Bonchev–Trinajstić information content (AvgIpc) is 2.48. The molecule has 0 fully saturated rings. The summed E-state index contributed by atoms with van der Waals surface area (Å²) in [5.41, 5.74) is 1.34. The van der Waals surface area contributed by atoms with E-state index in [2.05, 4.69) is 14.7 Å². The van der Waals surface area contributed by atoms with Crippen molar-refractivity contribution in [3.63, 3.8) is 0 Å². The number of hydrogen-bond acceptors (Lipinski definition) is 5. The molecule has 1 aromatic carbocycles. The van der Waals surface area contributed by atoms with Crippen molar-refractivity contribution < 1.29 is 13.2 Å². The van der Waals surface area contributed by atoms with Gasteiger partial charge in [0, 0.05) is 24.5 Å². The van der Waals surface area contributed by atoms with Crippen LogP contribution in [0.15, 0.2) is 47.9 Å². The fraction of sp³-hybridized carbons (Fsp3) is 0.214. The predicted octanol–water partition coefficient (Wildman–Crippen LogP) is 1.20. The number of ketones is 1. The second kappa shape index (κ2) is 6.55. The zero-order chi connectivity index (χ0) is 15.3. The molecule has 0 radical (unpaired) electrons. The van der Waals surface area contributed by atoms with Crippen LogP contribution < -0.4 is 4.72 Å². The third-order valence-corrected chi connectivity index (χ3v) is 4.37. The van der Waals surface area contributed by atoms with E-state index in [4.69, 9.17) is 0 Å². The Morgan fingerprint density at radius 1 is 1.14 bits per heavy atom. The number of rotatable bonds is 6. The van der Waals surface area contributed by atoms with E-state index in [1.165, 1.54) is 37.5 Å². The van der Waals surface area contributed by atoms with Crippen LogP contribution in [0.1, 0.15) is 22.8 Å². The topological polar surface area (TPSA) is 89.0 Å². The summed E-state index contributed by atoms with van der Waals surface area (Å²) in [5, 5.41) is 0. The van der Waals surface area contributed by atoms with E-state index in [0.29, 0.717) is 12.0 Å². The second-order valence-corrected chi connectivity index (χ2v) is 6.24. The Morgan fingerprint density at radius 3 is 2.33 bits per heavy atom. The third-order valence-electron chi connectivity index (χ3n) is 2.89. The van der Waals surface area contributed by atoms with Crippen molar-refractivity contribution >= 4 is 15.8 Å². The highest BCUT2D eigenvalue weighted by atomic mass is 32.2. The highest BCUT2D eigenvalue weighted by Crippen LogP contribution is 2.11. The zero-order valence-corrected chi connectivity index (χ0v) is 12.3. The number of benzene rings is 1. The minimum atomic E-state index is -3.58. The maximum absolute atomic E-state index is 12.1. The van der Waals surface area contributed by atoms with Crippen LogP contribution >= 0.6 is 0 Å². The van der Waals surface area contributed by atoms with Gasteiger partial charge in [0.05, 0.1) is 4.90 Å². The molecule has 0 amide bonds. The van der Waals surface area contributed by atoms with Crippen molar-refractivity contribution in [2.24, 2.45) is 0 Å². The molecule has 0 spiro atoms. The number of aromatic nitrogens is 2. The van der Waals surface area contributed by atoms with E-state index in [1.807, 2.05) is 0 Å². The number of hydrogen-bond donors (Lipinski definition) is 1. The average molecular weight is 305 g/mol. The van der Waals surface area contributed by atoms with Crippen molar-refractivity contribution in [3.8, 4) is 0 Å². The molecule has 7 heteroatoms. The summed E-state index contributed by atoms with van der Waals surface area (Å²) in [6.45, 7) is 1.69. The smallest absolute Gasteiger partial charge is 0.240 e. The molecule has 2 aromatic rings. The highest BCUT2D eigenvalue weighted by molar-refractivity contribution is 7.89. The van der Waals surface area contributed by atoms with Gasteiger partial charge in [-0.1, -0.05) is 12.1 Å². The molecular weight excluding hydrogens is 290 g/mol. The van der Waals surface area contributed by atoms with Crippen LogP contribution in [0.5, 0.6) is 0 Å².